The number of benzene rings is 3. The number of carbonyl (C=O) groups is 2. The molecule has 4 nitrogen and oxygen atoms in total. The van der Waals surface area contributed by atoms with Gasteiger partial charge in [0.1, 0.15) is 0 Å². The van der Waals surface area contributed by atoms with Crippen molar-refractivity contribution in [1.82, 2.24) is 0 Å². The molecular weight excluding hydrogens is 338 g/mol. The zero-order valence-corrected chi connectivity index (χ0v) is 14.9. The van der Waals surface area contributed by atoms with Gasteiger partial charge in [0.2, 0.25) is 0 Å². The highest BCUT2D eigenvalue weighted by atomic mass is 16.4. The van der Waals surface area contributed by atoms with E-state index in [1.165, 1.54) is 0 Å². The number of nitrogens with zero attached hydrogens (tertiary/aromatic N) is 1. The van der Waals surface area contributed by atoms with Gasteiger partial charge in [-0.2, -0.15) is 0 Å². The Morgan fingerprint density at radius 2 is 1.67 bits per heavy atom. The average Bonchev–Trinajstić information content (AvgIpc) is 3.04. The number of fused-ring (bicyclic) bond motifs is 1. The molecule has 4 rings (SSSR count). The van der Waals surface area contributed by atoms with E-state index in [9.17, 15) is 9.59 Å². The van der Waals surface area contributed by atoms with Gasteiger partial charge < -0.3 is 10.0 Å². The Labute approximate surface area is 157 Å². The van der Waals surface area contributed by atoms with Crippen molar-refractivity contribution in [3.8, 4) is 11.1 Å². The number of aliphatic carboxylic acids is 1. The summed E-state index contributed by atoms with van der Waals surface area (Å²) in [7, 11) is 0. The van der Waals surface area contributed by atoms with Gasteiger partial charge >= 0.3 is 5.97 Å². The molecule has 134 valence electrons. The van der Waals surface area contributed by atoms with Gasteiger partial charge in [0.05, 0.1) is 12.5 Å². The third-order valence-corrected chi connectivity index (χ3v) is 5.09. The summed E-state index contributed by atoms with van der Waals surface area (Å²) in [6.07, 6.45) is 0. The van der Waals surface area contributed by atoms with Crippen LogP contribution in [0.4, 0.5) is 5.69 Å². The van der Waals surface area contributed by atoms with Crippen molar-refractivity contribution < 1.29 is 14.7 Å². The first-order valence-electron chi connectivity index (χ1n) is 8.87. The third-order valence-electron chi connectivity index (χ3n) is 5.09. The van der Waals surface area contributed by atoms with Gasteiger partial charge in [0.25, 0.3) is 5.91 Å². The topological polar surface area (TPSA) is 57.6 Å². The van der Waals surface area contributed by atoms with Crippen molar-refractivity contribution in [3.05, 3.63) is 89.5 Å². The molecule has 0 aromatic heterocycles. The van der Waals surface area contributed by atoms with Gasteiger partial charge in [-0.15, -0.1) is 0 Å². The minimum atomic E-state index is -0.860. The maximum absolute atomic E-state index is 12.8. The maximum atomic E-state index is 12.8. The molecular formula is C23H19NO3. The van der Waals surface area contributed by atoms with E-state index >= 15 is 0 Å². The molecule has 0 fully saturated rings. The van der Waals surface area contributed by atoms with E-state index in [0.717, 1.165) is 33.5 Å². The number of hydrogen-bond acceptors (Lipinski definition) is 2. The van der Waals surface area contributed by atoms with Gasteiger partial charge in [0, 0.05) is 11.3 Å². The zero-order chi connectivity index (χ0) is 19.0. The lowest BCUT2D eigenvalue weighted by Crippen LogP contribution is -2.23. The quantitative estimate of drug-likeness (QED) is 0.736. The van der Waals surface area contributed by atoms with Crippen molar-refractivity contribution in [1.29, 1.82) is 0 Å². The molecule has 1 atom stereocenters. The Morgan fingerprint density at radius 1 is 0.963 bits per heavy atom. The second-order valence-electron chi connectivity index (χ2n) is 6.78. The van der Waals surface area contributed by atoms with Gasteiger partial charge in [-0.1, -0.05) is 48.5 Å². The molecule has 0 bridgehead atoms. The van der Waals surface area contributed by atoms with Gasteiger partial charge in [-0.3, -0.25) is 9.59 Å². The van der Waals surface area contributed by atoms with E-state index in [4.69, 9.17) is 5.11 Å². The minimum Gasteiger partial charge on any atom is -0.481 e. The smallest absolute Gasteiger partial charge is 0.310 e. The van der Waals surface area contributed by atoms with Crippen LogP contribution < -0.4 is 4.90 Å². The lowest BCUT2D eigenvalue weighted by Gasteiger charge is -2.16. The van der Waals surface area contributed by atoms with Crippen LogP contribution in [0.1, 0.15) is 34.3 Å². The molecule has 1 aliphatic rings. The summed E-state index contributed by atoms with van der Waals surface area (Å²) in [5.74, 6) is -1.46. The third kappa shape index (κ3) is 3.10. The number of rotatable bonds is 4. The minimum absolute atomic E-state index is 0.0244. The molecule has 0 saturated heterocycles. The van der Waals surface area contributed by atoms with Crippen molar-refractivity contribution in [3.63, 3.8) is 0 Å². The summed E-state index contributed by atoms with van der Waals surface area (Å²) in [5.41, 5.74) is 5.44. The SMILES string of the molecule is CC(C(=O)O)c1ccc(N2Cc3cc(-c4ccccc4)ccc3C2=O)cc1. The molecule has 0 saturated carbocycles. The van der Waals surface area contributed by atoms with Gasteiger partial charge in [0.15, 0.2) is 0 Å². The first-order chi connectivity index (χ1) is 13.0. The molecule has 1 heterocycles. The van der Waals surface area contributed by atoms with Crippen LogP contribution in [0.25, 0.3) is 11.1 Å². The van der Waals surface area contributed by atoms with E-state index in [1.807, 2.05) is 42.5 Å². The number of carboxylic acids is 1. The van der Waals surface area contributed by atoms with E-state index in [0.29, 0.717) is 6.54 Å². The normalized spacial score (nSPS) is 14.1. The summed E-state index contributed by atoms with van der Waals surface area (Å²) in [6, 6.07) is 23.2. The molecule has 1 unspecified atom stereocenters. The molecule has 4 heteroatoms. The highest BCUT2D eigenvalue weighted by molar-refractivity contribution is 6.10. The van der Waals surface area contributed by atoms with Crippen molar-refractivity contribution in [2.45, 2.75) is 19.4 Å². The molecule has 3 aromatic carbocycles. The van der Waals surface area contributed by atoms with E-state index in [-0.39, 0.29) is 5.91 Å². The van der Waals surface area contributed by atoms with E-state index < -0.39 is 11.9 Å². The van der Waals surface area contributed by atoms with Crippen LogP contribution in [0.5, 0.6) is 0 Å². The predicted molar refractivity (Wildman–Crippen MR) is 105 cm³/mol. The standard InChI is InChI=1S/C23H19NO3/c1-15(23(26)27)16-7-10-20(11-8-16)24-14-19-13-18(9-12-21(19)22(24)25)17-5-3-2-4-6-17/h2-13,15H,14H2,1H3,(H,26,27). The van der Waals surface area contributed by atoms with Crippen LogP contribution in [0.3, 0.4) is 0 Å². The van der Waals surface area contributed by atoms with E-state index in [1.54, 1.807) is 24.0 Å². The lowest BCUT2D eigenvalue weighted by atomic mass is 10.0. The van der Waals surface area contributed by atoms with Crippen molar-refractivity contribution >= 4 is 17.6 Å². The molecule has 1 N–H and O–H groups in total. The molecule has 1 amide bonds. The molecule has 0 aliphatic carbocycles. The largest absolute Gasteiger partial charge is 0.481 e. The summed E-state index contributed by atoms with van der Waals surface area (Å²) in [6.45, 7) is 2.17. The molecule has 0 spiro atoms. The summed E-state index contributed by atoms with van der Waals surface area (Å²) in [5, 5.41) is 9.13. The van der Waals surface area contributed by atoms with Crippen LogP contribution in [0.15, 0.2) is 72.8 Å². The van der Waals surface area contributed by atoms with Crippen LogP contribution >= 0.6 is 0 Å². The summed E-state index contributed by atoms with van der Waals surface area (Å²) in [4.78, 5) is 25.7. The Hall–Kier alpha value is -3.40. The Bertz CT molecular complexity index is 1010. The fourth-order valence-electron chi connectivity index (χ4n) is 3.42. The Kier molecular flexibility index (Phi) is 4.24. The zero-order valence-electron chi connectivity index (χ0n) is 14.9. The highest BCUT2D eigenvalue weighted by Gasteiger charge is 2.28. The van der Waals surface area contributed by atoms with E-state index in [2.05, 4.69) is 18.2 Å². The number of carbonyl (C=O) groups excluding carboxylic acids is 1. The average molecular weight is 357 g/mol. The molecule has 3 aromatic rings. The first-order valence-corrected chi connectivity index (χ1v) is 8.87. The number of hydrogen-bond donors (Lipinski definition) is 1. The Morgan fingerprint density at radius 3 is 2.33 bits per heavy atom. The number of amides is 1. The highest BCUT2D eigenvalue weighted by Crippen LogP contribution is 2.32. The van der Waals surface area contributed by atoms with Gasteiger partial charge in [-0.25, -0.2) is 0 Å². The molecule has 1 aliphatic heterocycles. The summed E-state index contributed by atoms with van der Waals surface area (Å²) >= 11 is 0. The van der Waals surface area contributed by atoms with Crippen molar-refractivity contribution in [2.75, 3.05) is 4.90 Å². The van der Waals surface area contributed by atoms with Crippen LogP contribution in [-0.2, 0) is 11.3 Å². The predicted octanol–water partition coefficient (Wildman–Crippen LogP) is 4.70. The van der Waals surface area contributed by atoms with Crippen LogP contribution in [0, 0.1) is 0 Å². The fourth-order valence-corrected chi connectivity index (χ4v) is 3.42. The first kappa shape index (κ1) is 17.0. The molecule has 27 heavy (non-hydrogen) atoms. The van der Waals surface area contributed by atoms with Gasteiger partial charge in [-0.05, 0) is 53.4 Å². The lowest BCUT2D eigenvalue weighted by molar-refractivity contribution is -0.138. The van der Waals surface area contributed by atoms with Crippen LogP contribution in [-0.4, -0.2) is 17.0 Å². The number of anilines is 1. The molecule has 0 radical (unpaired) electrons. The second kappa shape index (κ2) is 6.72. The fraction of sp³-hybridized carbons (Fsp3) is 0.130. The Balaban J connectivity index is 1.61. The van der Waals surface area contributed by atoms with Crippen LogP contribution in [0.2, 0.25) is 0 Å². The van der Waals surface area contributed by atoms with Crippen molar-refractivity contribution in [2.24, 2.45) is 0 Å². The maximum Gasteiger partial charge on any atom is 0.310 e. The monoisotopic (exact) mass is 357 g/mol. The summed E-state index contributed by atoms with van der Waals surface area (Å²) < 4.78 is 0. The number of carboxylic acid groups (broad SMARTS) is 1. The second-order valence-corrected chi connectivity index (χ2v) is 6.78.